The van der Waals surface area contributed by atoms with Crippen molar-refractivity contribution >= 4 is 17.6 Å². The van der Waals surface area contributed by atoms with Gasteiger partial charge in [-0.15, -0.1) is 0 Å². The molecule has 2 N–H and O–H groups in total. The first-order valence-electron chi connectivity index (χ1n) is 7.43. The van der Waals surface area contributed by atoms with E-state index in [0.717, 1.165) is 4.90 Å². The zero-order valence-electron chi connectivity index (χ0n) is 13.2. The van der Waals surface area contributed by atoms with Gasteiger partial charge in [-0.1, -0.05) is 12.1 Å². The molecule has 1 saturated heterocycles. The van der Waals surface area contributed by atoms with E-state index in [-0.39, 0.29) is 11.4 Å². The van der Waals surface area contributed by atoms with Crippen LogP contribution >= 0.6 is 0 Å². The van der Waals surface area contributed by atoms with Crippen LogP contribution in [0.15, 0.2) is 24.3 Å². The summed E-state index contributed by atoms with van der Waals surface area (Å²) in [6.07, 6.45) is -4.70. The van der Waals surface area contributed by atoms with Gasteiger partial charge in [-0.3, -0.25) is 14.5 Å². The van der Waals surface area contributed by atoms with Gasteiger partial charge >= 0.3 is 18.8 Å². The molecule has 1 amide bonds. The van der Waals surface area contributed by atoms with Crippen LogP contribution in [0.1, 0.15) is 0 Å². The lowest BCUT2D eigenvalue weighted by Gasteiger charge is -2.18. The Morgan fingerprint density at radius 2 is 1.92 bits per heavy atom. The van der Waals surface area contributed by atoms with Crippen molar-refractivity contribution in [3.63, 3.8) is 0 Å². The van der Waals surface area contributed by atoms with Crippen molar-refractivity contribution in [3.8, 4) is 5.75 Å². The summed E-state index contributed by atoms with van der Waals surface area (Å²) in [7, 11) is 0. The Kier molecular flexibility index (Phi) is 6.01. The van der Waals surface area contributed by atoms with Crippen molar-refractivity contribution < 1.29 is 41.4 Å². The Labute approximate surface area is 144 Å². The number of hydrogen-bond donors (Lipinski definition) is 2. The van der Waals surface area contributed by atoms with Crippen molar-refractivity contribution in [2.75, 3.05) is 25.0 Å². The van der Waals surface area contributed by atoms with Crippen LogP contribution in [-0.2, 0) is 9.59 Å². The lowest BCUT2D eigenvalue weighted by Crippen LogP contribution is -2.34. The third kappa shape index (κ3) is 5.04. The second-order valence-electron chi connectivity index (χ2n) is 5.71. The molecule has 1 aliphatic heterocycles. The van der Waals surface area contributed by atoms with Gasteiger partial charge in [0, 0.05) is 13.1 Å². The van der Waals surface area contributed by atoms with Gasteiger partial charge in [0.15, 0.2) is 0 Å². The molecule has 0 spiro atoms. The molecular formula is C15H15F5N2O4. The average molecular weight is 382 g/mol. The monoisotopic (exact) mass is 382 g/mol. The molecule has 144 valence electrons. The molecule has 6 nitrogen and oxygen atoms in total. The highest BCUT2D eigenvalue weighted by Crippen LogP contribution is 2.37. The number of benzene rings is 1. The van der Waals surface area contributed by atoms with Crippen molar-refractivity contribution in [2.45, 2.75) is 12.8 Å². The summed E-state index contributed by atoms with van der Waals surface area (Å²) in [5.41, 5.74) is -0.0702. The number of para-hydroxylation sites is 2. The van der Waals surface area contributed by atoms with Gasteiger partial charge in [0.05, 0.1) is 24.1 Å². The van der Waals surface area contributed by atoms with Gasteiger partial charge in [0.1, 0.15) is 5.75 Å². The first kappa shape index (κ1) is 19.9. The molecule has 0 unspecified atom stereocenters. The molecule has 1 aromatic rings. The number of halogens is 5. The Balaban J connectivity index is 2.02. The number of carbonyl (C=O) groups is 2. The second kappa shape index (κ2) is 7.85. The number of carboxylic acid groups (broad SMARTS) is 1. The molecule has 0 radical (unpaired) electrons. The molecule has 0 saturated carbocycles. The molecular weight excluding hydrogens is 367 g/mol. The van der Waals surface area contributed by atoms with E-state index in [1.54, 1.807) is 0 Å². The molecule has 2 atom stereocenters. The highest BCUT2D eigenvalue weighted by Gasteiger charge is 2.52. The fraction of sp³-hybridized carbons (Fsp3) is 0.467. The fourth-order valence-electron chi connectivity index (χ4n) is 2.76. The van der Waals surface area contributed by atoms with Gasteiger partial charge < -0.3 is 15.2 Å². The van der Waals surface area contributed by atoms with Gasteiger partial charge in [0.25, 0.3) is 0 Å². The predicted octanol–water partition coefficient (Wildman–Crippen LogP) is 2.42. The molecule has 0 aromatic heterocycles. The number of hydrogen-bond acceptors (Lipinski definition) is 4. The summed E-state index contributed by atoms with van der Waals surface area (Å²) in [6, 6.07) is 5.33. The number of aliphatic carboxylic acids is 1. The first-order valence-corrected chi connectivity index (χ1v) is 7.43. The second-order valence-corrected chi connectivity index (χ2v) is 5.71. The van der Waals surface area contributed by atoms with Crippen LogP contribution in [0.3, 0.4) is 0 Å². The normalized spacial score (nSPS) is 21.0. The highest BCUT2D eigenvalue weighted by atomic mass is 19.4. The highest BCUT2D eigenvalue weighted by molar-refractivity contribution is 5.93. The Bertz CT molecular complexity index is 668. The topological polar surface area (TPSA) is 78.9 Å². The number of alkyl halides is 5. The van der Waals surface area contributed by atoms with Crippen molar-refractivity contribution in [2.24, 2.45) is 11.8 Å². The van der Waals surface area contributed by atoms with E-state index in [4.69, 9.17) is 5.11 Å². The first-order chi connectivity index (χ1) is 12.1. The molecule has 0 aliphatic carbocycles. The molecule has 2 rings (SSSR count). The predicted molar refractivity (Wildman–Crippen MR) is 78.8 cm³/mol. The lowest BCUT2D eigenvalue weighted by atomic mass is 9.96. The van der Waals surface area contributed by atoms with Crippen LogP contribution in [0.25, 0.3) is 0 Å². The molecule has 1 aliphatic rings. The van der Waals surface area contributed by atoms with E-state index in [1.165, 1.54) is 24.3 Å². The molecule has 1 fully saturated rings. The summed E-state index contributed by atoms with van der Waals surface area (Å²) >= 11 is 0. The maximum absolute atomic E-state index is 12.9. The van der Waals surface area contributed by atoms with E-state index < -0.39 is 56.1 Å². The summed E-state index contributed by atoms with van der Waals surface area (Å²) in [5, 5.41) is 11.2. The van der Waals surface area contributed by atoms with Crippen LogP contribution in [0.2, 0.25) is 0 Å². The zero-order chi connectivity index (χ0) is 19.5. The van der Waals surface area contributed by atoms with Crippen molar-refractivity contribution in [1.82, 2.24) is 4.90 Å². The quantitative estimate of drug-likeness (QED) is 0.739. The van der Waals surface area contributed by atoms with Gasteiger partial charge in [-0.2, -0.15) is 22.0 Å². The molecule has 0 bridgehead atoms. The number of likely N-dealkylation sites (tertiary alicyclic amines) is 1. The molecule has 11 heteroatoms. The minimum Gasteiger partial charge on any atom is -0.481 e. The minimum atomic E-state index is -4.70. The number of nitrogens with one attached hydrogen (secondary N) is 1. The van der Waals surface area contributed by atoms with Gasteiger partial charge in [0.2, 0.25) is 5.91 Å². The largest absolute Gasteiger partial charge is 0.481 e. The van der Waals surface area contributed by atoms with Crippen LogP contribution < -0.4 is 10.1 Å². The van der Waals surface area contributed by atoms with Crippen molar-refractivity contribution in [3.05, 3.63) is 24.3 Å². The van der Waals surface area contributed by atoms with Crippen LogP contribution in [0, 0.1) is 11.8 Å². The van der Waals surface area contributed by atoms with E-state index >= 15 is 0 Å². The van der Waals surface area contributed by atoms with Crippen LogP contribution in [0.4, 0.5) is 27.6 Å². The molecule has 1 heterocycles. The Morgan fingerprint density at radius 3 is 2.46 bits per heavy atom. The molecule has 26 heavy (non-hydrogen) atoms. The Hall–Kier alpha value is -2.43. The maximum Gasteiger partial charge on any atom is 0.393 e. The number of ether oxygens (including phenoxy) is 1. The average Bonchev–Trinajstić information content (AvgIpc) is 2.93. The maximum atomic E-state index is 12.9. The summed E-state index contributed by atoms with van der Waals surface area (Å²) in [5.74, 6) is -6.42. The summed E-state index contributed by atoms with van der Waals surface area (Å²) < 4.78 is 67.7. The minimum absolute atomic E-state index is 0.0702. The number of anilines is 1. The van der Waals surface area contributed by atoms with Gasteiger partial charge in [-0.25, -0.2) is 0 Å². The molecule has 1 aromatic carbocycles. The number of carboxylic acids is 1. The Morgan fingerprint density at radius 1 is 1.27 bits per heavy atom. The smallest absolute Gasteiger partial charge is 0.393 e. The summed E-state index contributed by atoms with van der Waals surface area (Å²) in [4.78, 5) is 24.1. The van der Waals surface area contributed by atoms with E-state index in [0.29, 0.717) is 0 Å². The standard InChI is InChI=1S/C15H15F5N2O4/c16-14(17)26-11-4-2-1-3-10(11)21-12(23)7-22-5-8(13(24)25)9(6-22)15(18,19)20/h1-4,8-9,14H,5-7H2,(H,21,23)(H,24,25)/t8-,9-/m1/s1. The lowest BCUT2D eigenvalue weighted by molar-refractivity contribution is -0.188. The number of carbonyl (C=O) groups excluding carboxylic acids is 1. The van der Waals surface area contributed by atoms with Crippen LogP contribution in [-0.4, -0.2) is 54.3 Å². The zero-order valence-corrected chi connectivity index (χ0v) is 13.2. The number of rotatable bonds is 6. The third-order valence-corrected chi connectivity index (χ3v) is 3.88. The summed E-state index contributed by atoms with van der Waals surface area (Å²) in [6.45, 7) is -4.71. The number of nitrogens with zero attached hydrogens (tertiary/aromatic N) is 1. The van der Waals surface area contributed by atoms with E-state index in [9.17, 15) is 31.5 Å². The van der Waals surface area contributed by atoms with Gasteiger partial charge in [-0.05, 0) is 12.1 Å². The van der Waals surface area contributed by atoms with E-state index in [2.05, 4.69) is 10.1 Å². The third-order valence-electron chi connectivity index (χ3n) is 3.88. The van der Waals surface area contributed by atoms with Crippen molar-refractivity contribution in [1.29, 1.82) is 0 Å². The van der Waals surface area contributed by atoms with Crippen LogP contribution in [0.5, 0.6) is 5.75 Å². The number of amides is 1. The SMILES string of the molecule is O=C(CN1C[C@@H](C(F)(F)F)[C@H](C(=O)O)C1)Nc1ccccc1OC(F)F. The van der Waals surface area contributed by atoms with E-state index in [1.807, 2.05) is 0 Å². The fourth-order valence-corrected chi connectivity index (χ4v) is 2.76.